The molecule has 0 fully saturated rings. The molecular weight excluding hydrogens is 266 g/mol. The van der Waals surface area contributed by atoms with E-state index >= 15 is 0 Å². The van der Waals surface area contributed by atoms with Gasteiger partial charge in [0.2, 0.25) is 5.91 Å². The topological polar surface area (TPSA) is 84.2 Å². The molecule has 5 heteroatoms. The van der Waals surface area contributed by atoms with Crippen LogP contribution in [0.4, 0.5) is 0 Å². The maximum Gasteiger partial charge on any atom is 0.251 e. The van der Waals surface area contributed by atoms with Crippen molar-refractivity contribution in [1.29, 1.82) is 0 Å². The Kier molecular flexibility index (Phi) is 6.88. The van der Waals surface area contributed by atoms with E-state index in [1.807, 2.05) is 32.9 Å². The number of nitrogens with one attached hydrogen (secondary N) is 2. The molecule has 0 aliphatic carbocycles. The van der Waals surface area contributed by atoms with Crippen LogP contribution in [0.3, 0.4) is 0 Å². The van der Waals surface area contributed by atoms with Gasteiger partial charge in [0.25, 0.3) is 5.91 Å². The summed E-state index contributed by atoms with van der Waals surface area (Å²) < 4.78 is 0. The van der Waals surface area contributed by atoms with Crippen molar-refractivity contribution >= 4 is 11.8 Å². The fourth-order valence-corrected chi connectivity index (χ4v) is 1.80. The minimum atomic E-state index is -0.497. The van der Waals surface area contributed by atoms with Gasteiger partial charge in [0.15, 0.2) is 0 Å². The minimum Gasteiger partial charge on any atom is -0.353 e. The number of carbonyl (C=O) groups excluding carboxylic acids is 2. The second-order valence-corrected chi connectivity index (χ2v) is 5.32. The number of hydrogen-bond donors (Lipinski definition) is 3. The van der Waals surface area contributed by atoms with Gasteiger partial charge in [-0.3, -0.25) is 9.59 Å². The molecule has 2 unspecified atom stereocenters. The summed E-state index contributed by atoms with van der Waals surface area (Å²) in [5, 5.41) is 5.50. The molecule has 0 saturated carbocycles. The highest BCUT2D eigenvalue weighted by molar-refractivity contribution is 5.94. The first-order valence-corrected chi connectivity index (χ1v) is 7.33. The SMILES string of the molecule is CCC(C)C(N)C(=O)NCCNC(=O)c1ccc(C)cc1. The third kappa shape index (κ3) is 5.55. The van der Waals surface area contributed by atoms with Crippen LogP contribution < -0.4 is 16.4 Å². The zero-order valence-electron chi connectivity index (χ0n) is 13.0. The largest absolute Gasteiger partial charge is 0.353 e. The molecule has 0 bridgehead atoms. The van der Waals surface area contributed by atoms with Crippen molar-refractivity contribution < 1.29 is 9.59 Å². The van der Waals surface area contributed by atoms with Crippen molar-refractivity contribution in [3.63, 3.8) is 0 Å². The Hall–Kier alpha value is -1.88. The van der Waals surface area contributed by atoms with Crippen LogP contribution in [-0.4, -0.2) is 30.9 Å². The highest BCUT2D eigenvalue weighted by atomic mass is 16.2. The summed E-state index contributed by atoms with van der Waals surface area (Å²) in [6.45, 7) is 6.67. The van der Waals surface area contributed by atoms with Gasteiger partial charge in [-0.15, -0.1) is 0 Å². The van der Waals surface area contributed by atoms with Crippen molar-refractivity contribution in [3.8, 4) is 0 Å². The van der Waals surface area contributed by atoms with E-state index in [2.05, 4.69) is 10.6 Å². The van der Waals surface area contributed by atoms with E-state index in [0.29, 0.717) is 18.7 Å². The first-order chi connectivity index (χ1) is 9.95. The maximum absolute atomic E-state index is 11.8. The van der Waals surface area contributed by atoms with E-state index in [1.54, 1.807) is 12.1 Å². The summed E-state index contributed by atoms with van der Waals surface area (Å²) in [6.07, 6.45) is 0.860. The molecule has 2 atom stereocenters. The lowest BCUT2D eigenvalue weighted by atomic mass is 9.99. The maximum atomic E-state index is 11.8. The Morgan fingerprint density at radius 2 is 1.71 bits per heavy atom. The van der Waals surface area contributed by atoms with Crippen LogP contribution in [0.5, 0.6) is 0 Å². The van der Waals surface area contributed by atoms with Crippen LogP contribution in [0.2, 0.25) is 0 Å². The van der Waals surface area contributed by atoms with E-state index in [-0.39, 0.29) is 17.7 Å². The number of carbonyl (C=O) groups is 2. The lowest BCUT2D eigenvalue weighted by Crippen LogP contribution is -2.46. The Balaban J connectivity index is 2.29. The van der Waals surface area contributed by atoms with Gasteiger partial charge in [-0.25, -0.2) is 0 Å². The Morgan fingerprint density at radius 3 is 2.29 bits per heavy atom. The van der Waals surface area contributed by atoms with Crippen molar-refractivity contribution in [3.05, 3.63) is 35.4 Å². The second-order valence-electron chi connectivity index (χ2n) is 5.32. The average molecular weight is 291 g/mol. The van der Waals surface area contributed by atoms with Gasteiger partial charge in [0.05, 0.1) is 6.04 Å². The molecule has 1 aromatic rings. The number of rotatable bonds is 7. The number of nitrogens with two attached hydrogens (primary N) is 1. The van der Waals surface area contributed by atoms with Crippen molar-refractivity contribution in [1.82, 2.24) is 10.6 Å². The Labute approximate surface area is 126 Å². The summed E-state index contributed by atoms with van der Waals surface area (Å²) in [7, 11) is 0. The quantitative estimate of drug-likeness (QED) is 0.660. The van der Waals surface area contributed by atoms with Crippen LogP contribution in [0, 0.1) is 12.8 Å². The molecule has 0 radical (unpaired) electrons. The summed E-state index contributed by atoms with van der Waals surface area (Å²) in [6, 6.07) is 6.84. The van der Waals surface area contributed by atoms with Gasteiger partial charge in [-0.2, -0.15) is 0 Å². The molecule has 0 saturated heterocycles. The molecule has 116 valence electrons. The van der Waals surface area contributed by atoms with Gasteiger partial charge >= 0.3 is 0 Å². The molecule has 0 aromatic heterocycles. The normalized spacial score (nSPS) is 13.3. The number of benzene rings is 1. The average Bonchev–Trinajstić information content (AvgIpc) is 2.50. The predicted octanol–water partition coefficient (Wildman–Crippen LogP) is 1.21. The van der Waals surface area contributed by atoms with Gasteiger partial charge in [-0.05, 0) is 25.0 Å². The van der Waals surface area contributed by atoms with Crippen molar-refractivity contribution in [2.24, 2.45) is 11.7 Å². The van der Waals surface area contributed by atoms with Gasteiger partial charge in [0, 0.05) is 18.7 Å². The fourth-order valence-electron chi connectivity index (χ4n) is 1.80. The molecule has 4 N–H and O–H groups in total. The third-order valence-electron chi connectivity index (χ3n) is 3.58. The minimum absolute atomic E-state index is 0.143. The highest BCUT2D eigenvalue weighted by Crippen LogP contribution is 2.05. The predicted molar refractivity (Wildman–Crippen MR) is 84.0 cm³/mol. The first kappa shape index (κ1) is 17.2. The van der Waals surface area contributed by atoms with E-state index in [4.69, 9.17) is 5.73 Å². The monoisotopic (exact) mass is 291 g/mol. The Bertz CT molecular complexity index is 471. The molecule has 0 aliphatic heterocycles. The van der Waals surface area contributed by atoms with E-state index in [1.165, 1.54) is 0 Å². The first-order valence-electron chi connectivity index (χ1n) is 7.33. The molecule has 0 spiro atoms. The van der Waals surface area contributed by atoms with Gasteiger partial charge in [-0.1, -0.05) is 38.0 Å². The van der Waals surface area contributed by atoms with Crippen LogP contribution in [0.25, 0.3) is 0 Å². The summed E-state index contributed by atoms with van der Waals surface area (Å²) in [5.41, 5.74) is 7.54. The van der Waals surface area contributed by atoms with Crippen LogP contribution in [0.1, 0.15) is 36.2 Å². The van der Waals surface area contributed by atoms with E-state index in [0.717, 1.165) is 12.0 Å². The smallest absolute Gasteiger partial charge is 0.251 e. The van der Waals surface area contributed by atoms with Crippen molar-refractivity contribution in [2.75, 3.05) is 13.1 Å². The molecular formula is C16H25N3O2. The summed E-state index contributed by atoms with van der Waals surface area (Å²) in [5.74, 6) is -0.170. The number of hydrogen-bond acceptors (Lipinski definition) is 3. The fraction of sp³-hybridized carbons (Fsp3) is 0.500. The lowest BCUT2D eigenvalue weighted by Gasteiger charge is -2.17. The molecule has 0 aliphatic rings. The Morgan fingerprint density at radius 1 is 1.14 bits per heavy atom. The van der Waals surface area contributed by atoms with Crippen molar-refractivity contribution in [2.45, 2.75) is 33.2 Å². The molecule has 0 heterocycles. The van der Waals surface area contributed by atoms with Crippen LogP contribution in [0.15, 0.2) is 24.3 Å². The standard InChI is InChI=1S/C16H25N3O2/c1-4-12(3)14(17)16(21)19-10-9-18-15(20)13-7-5-11(2)6-8-13/h5-8,12,14H,4,9-10,17H2,1-3H3,(H,18,20)(H,19,21). The summed E-state index contributed by atoms with van der Waals surface area (Å²) in [4.78, 5) is 23.6. The highest BCUT2D eigenvalue weighted by Gasteiger charge is 2.18. The molecule has 21 heavy (non-hydrogen) atoms. The second kappa shape index (κ2) is 8.42. The number of aryl methyl sites for hydroxylation is 1. The van der Waals surface area contributed by atoms with Crippen LogP contribution in [-0.2, 0) is 4.79 Å². The van der Waals surface area contributed by atoms with Gasteiger partial charge < -0.3 is 16.4 Å². The molecule has 5 nitrogen and oxygen atoms in total. The molecule has 2 amide bonds. The van der Waals surface area contributed by atoms with Gasteiger partial charge in [0.1, 0.15) is 0 Å². The van der Waals surface area contributed by atoms with E-state index in [9.17, 15) is 9.59 Å². The van der Waals surface area contributed by atoms with Crippen LogP contribution >= 0.6 is 0 Å². The number of amides is 2. The zero-order valence-corrected chi connectivity index (χ0v) is 13.0. The third-order valence-corrected chi connectivity index (χ3v) is 3.58. The molecule has 1 aromatic carbocycles. The summed E-state index contributed by atoms with van der Waals surface area (Å²) >= 11 is 0. The van der Waals surface area contributed by atoms with E-state index < -0.39 is 6.04 Å². The molecule has 1 rings (SSSR count). The zero-order chi connectivity index (χ0) is 15.8. The lowest BCUT2D eigenvalue weighted by molar-refractivity contribution is -0.123.